The van der Waals surface area contributed by atoms with E-state index in [1.54, 1.807) is 6.92 Å². The lowest BCUT2D eigenvalue weighted by Gasteiger charge is -2.20. The molecule has 35 heavy (non-hydrogen) atoms. The molecule has 3 N–H and O–H groups in total. The number of aromatic hydroxyl groups is 1. The number of carbonyl (C=O) groups excluding carboxylic acids is 2. The first-order valence-corrected chi connectivity index (χ1v) is 10.5. The first-order valence-electron chi connectivity index (χ1n) is 10.5. The molecule has 1 aromatic heterocycles. The smallest absolute Gasteiger partial charge is 0.319 e. The summed E-state index contributed by atoms with van der Waals surface area (Å²) in [5.41, 5.74) is -1.98. The van der Waals surface area contributed by atoms with E-state index in [9.17, 15) is 32.7 Å². The van der Waals surface area contributed by atoms with E-state index in [1.165, 1.54) is 25.4 Å². The van der Waals surface area contributed by atoms with Gasteiger partial charge in [0.1, 0.15) is 23.2 Å². The van der Waals surface area contributed by atoms with E-state index in [0.717, 1.165) is 34.9 Å². The number of pyridine rings is 1. The average molecular weight is 489 g/mol. The van der Waals surface area contributed by atoms with Crippen molar-refractivity contribution >= 4 is 17.7 Å². The number of benzene rings is 2. The van der Waals surface area contributed by atoms with Gasteiger partial charge in [0.15, 0.2) is 5.69 Å². The second-order valence-corrected chi connectivity index (χ2v) is 7.49. The summed E-state index contributed by atoms with van der Waals surface area (Å²) < 4.78 is 49.2. The first kappa shape index (κ1) is 25.3. The number of urea groups is 1. The Kier molecular flexibility index (Phi) is 7.80. The number of carbonyl (C=O) groups is 2. The monoisotopic (exact) mass is 489 g/mol. The van der Waals surface area contributed by atoms with Crippen LogP contribution in [0.4, 0.5) is 23.7 Å². The number of rotatable bonds is 7. The molecule has 1 heterocycles. The van der Waals surface area contributed by atoms with Crippen LogP contribution in [0.5, 0.6) is 5.75 Å². The normalized spacial score (nSPS) is 11.6. The van der Waals surface area contributed by atoms with Crippen LogP contribution in [0.25, 0.3) is 11.1 Å². The Labute approximate surface area is 198 Å². The lowest BCUT2D eigenvalue weighted by molar-refractivity contribution is -0.143. The van der Waals surface area contributed by atoms with Crippen LogP contribution < -0.4 is 16.2 Å². The highest BCUT2D eigenvalue weighted by Gasteiger charge is 2.23. The van der Waals surface area contributed by atoms with Crippen LogP contribution in [0.2, 0.25) is 0 Å². The molecule has 2 aromatic carbocycles. The fraction of sp³-hybridized carbons (Fsp3) is 0.208. The average Bonchev–Trinajstić information content (AvgIpc) is 2.80. The Bertz CT molecular complexity index is 1310. The van der Waals surface area contributed by atoms with E-state index in [1.807, 2.05) is 0 Å². The molecule has 0 saturated heterocycles. The van der Waals surface area contributed by atoms with Crippen molar-refractivity contribution in [3.63, 3.8) is 0 Å². The van der Waals surface area contributed by atoms with Crippen molar-refractivity contribution in [2.75, 3.05) is 11.9 Å². The maximum absolute atomic E-state index is 14.5. The van der Waals surface area contributed by atoms with Crippen LogP contribution in [-0.2, 0) is 16.6 Å². The number of halogens is 3. The Morgan fingerprint density at radius 1 is 1.09 bits per heavy atom. The van der Waals surface area contributed by atoms with Gasteiger partial charge in [-0.2, -0.15) is 0 Å². The van der Waals surface area contributed by atoms with Crippen LogP contribution in [-0.4, -0.2) is 28.3 Å². The molecule has 8 nitrogen and oxygen atoms in total. The lowest BCUT2D eigenvalue weighted by atomic mass is 9.96. The van der Waals surface area contributed by atoms with Gasteiger partial charge in [0.05, 0.1) is 24.6 Å². The van der Waals surface area contributed by atoms with Gasteiger partial charge in [0.25, 0.3) is 5.56 Å². The minimum Gasteiger partial charge on any atom is -0.505 e. The third-order valence-electron chi connectivity index (χ3n) is 5.09. The molecule has 0 saturated carbocycles. The Hall–Kier alpha value is -4.28. The highest BCUT2D eigenvalue weighted by molar-refractivity contribution is 5.91. The van der Waals surface area contributed by atoms with Crippen molar-refractivity contribution in [2.24, 2.45) is 7.05 Å². The second kappa shape index (κ2) is 10.8. The van der Waals surface area contributed by atoms with Gasteiger partial charge in [0, 0.05) is 18.8 Å². The summed E-state index contributed by atoms with van der Waals surface area (Å²) in [6.07, 6.45) is 0.886. The minimum atomic E-state index is -1.14. The van der Waals surface area contributed by atoms with E-state index >= 15 is 0 Å². The number of hydrogen-bond acceptors (Lipinski definition) is 5. The summed E-state index contributed by atoms with van der Waals surface area (Å²) in [7, 11) is 1.41. The van der Waals surface area contributed by atoms with Gasteiger partial charge in [-0.25, -0.2) is 18.0 Å². The van der Waals surface area contributed by atoms with E-state index in [2.05, 4.69) is 10.6 Å². The Morgan fingerprint density at radius 3 is 2.43 bits per heavy atom. The number of anilines is 1. The molecule has 0 aliphatic carbocycles. The van der Waals surface area contributed by atoms with E-state index in [-0.39, 0.29) is 12.2 Å². The Morgan fingerprint density at radius 2 is 1.77 bits per heavy atom. The molecular weight excluding hydrogens is 467 g/mol. The van der Waals surface area contributed by atoms with E-state index in [4.69, 9.17) is 4.74 Å². The maximum Gasteiger partial charge on any atom is 0.319 e. The maximum atomic E-state index is 14.5. The van der Waals surface area contributed by atoms with Crippen LogP contribution in [0.1, 0.15) is 24.9 Å². The lowest BCUT2D eigenvalue weighted by Crippen LogP contribution is -2.36. The standard InChI is InChI=1S/C24H22F3N3O5/c1-3-35-20(32)12-18(28-24(34)29-22-19(31)9-10-30(2)23(22)33)13-7-8-15(25)14(11-13)21-16(26)5-4-6-17(21)27/h4-11,18,31H,3,12H2,1-2H3,(H2,28,29,34)/t18-/m0/s1. The molecule has 3 rings (SSSR count). The molecule has 0 bridgehead atoms. The first-order chi connectivity index (χ1) is 16.6. The van der Waals surface area contributed by atoms with Gasteiger partial charge < -0.3 is 25.0 Å². The van der Waals surface area contributed by atoms with Gasteiger partial charge in [0.2, 0.25) is 0 Å². The number of ether oxygens (including phenoxy) is 1. The molecule has 184 valence electrons. The van der Waals surface area contributed by atoms with Crippen molar-refractivity contribution in [1.82, 2.24) is 9.88 Å². The third-order valence-corrected chi connectivity index (χ3v) is 5.09. The number of nitrogens with zero attached hydrogens (tertiary/aromatic N) is 1. The molecule has 11 heteroatoms. The van der Waals surface area contributed by atoms with Gasteiger partial charge in [-0.1, -0.05) is 12.1 Å². The summed E-state index contributed by atoms with van der Waals surface area (Å²) in [6, 6.07) is 5.46. The highest BCUT2D eigenvalue weighted by atomic mass is 19.1. The van der Waals surface area contributed by atoms with Gasteiger partial charge in [-0.15, -0.1) is 0 Å². The van der Waals surface area contributed by atoms with Gasteiger partial charge in [-0.05, 0) is 42.8 Å². The molecular formula is C24H22F3N3O5. The van der Waals surface area contributed by atoms with Crippen LogP contribution >= 0.6 is 0 Å². The predicted octanol–water partition coefficient (Wildman–Crippen LogP) is 3.99. The van der Waals surface area contributed by atoms with Gasteiger partial charge in [-0.3, -0.25) is 9.59 Å². The fourth-order valence-corrected chi connectivity index (χ4v) is 3.39. The second-order valence-electron chi connectivity index (χ2n) is 7.49. The summed E-state index contributed by atoms with van der Waals surface area (Å²) >= 11 is 0. The van der Waals surface area contributed by atoms with Crippen molar-refractivity contribution in [3.05, 3.63) is 82.0 Å². The number of aromatic nitrogens is 1. The van der Waals surface area contributed by atoms with Gasteiger partial charge >= 0.3 is 12.0 Å². The SMILES string of the molecule is CCOC(=O)C[C@H](NC(=O)Nc1c(O)ccn(C)c1=O)c1ccc(F)c(-c2c(F)cccc2F)c1. The molecule has 0 spiro atoms. The van der Waals surface area contributed by atoms with Crippen LogP contribution in [0.15, 0.2) is 53.5 Å². The predicted molar refractivity (Wildman–Crippen MR) is 121 cm³/mol. The topological polar surface area (TPSA) is 110 Å². The summed E-state index contributed by atoms with van der Waals surface area (Å²) in [4.78, 5) is 37.0. The number of nitrogens with one attached hydrogen (secondary N) is 2. The summed E-state index contributed by atoms with van der Waals surface area (Å²) in [5.74, 6) is -4.11. The van der Waals surface area contributed by atoms with Crippen molar-refractivity contribution in [1.29, 1.82) is 0 Å². The molecule has 3 aromatic rings. The molecule has 1 atom stereocenters. The summed E-state index contributed by atoms with van der Waals surface area (Å²) in [6.45, 7) is 1.64. The molecule has 0 aliphatic heterocycles. The van der Waals surface area contributed by atoms with Crippen molar-refractivity contribution < 1.29 is 32.6 Å². The van der Waals surface area contributed by atoms with E-state index < -0.39 is 70.0 Å². The number of esters is 1. The van der Waals surface area contributed by atoms with Crippen LogP contribution in [0, 0.1) is 17.5 Å². The van der Waals surface area contributed by atoms with E-state index in [0.29, 0.717) is 0 Å². The number of hydrogen-bond donors (Lipinski definition) is 3. The largest absolute Gasteiger partial charge is 0.505 e. The third kappa shape index (κ3) is 5.81. The molecule has 2 amide bonds. The zero-order valence-electron chi connectivity index (χ0n) is 18.8. The molecule has 0 radical (unpaired) electrons. The van der Waals surface area contributed by atoms with Crippen molar-refractivity contribution in [3.8, 4) is 16.9 Å². The number of aryl methyl sites for hydroxylation is 1. The zero-order chi connectivity index (χ0) is 25.7. The minimum absolute atomic E-state index is 0.0563. The zero-order valence-corrected chi connectivity index (χ0v) is 18.8. The summed E-state index contributed by atoms with van der Waals surface area (Å²) in [5, 5.41) is 14.6. The molecule has 0 fully saturated rings. The fourth-order valence-electron chi connectivity index (χ4n) is 3.39. The van der Waals surface area contributed by atoms with Crippen molar-refractivity contribution in [2.45, 2.75) is 19.4 Å². The highest BCUT2D eigenvalue weighted by Crippen LogP contribution is 2.31. The Balaban J connectivity index is 1.97. The molecule has 0 unspecified atom stereocenters. The van der Waals surface area contributed by atoms with Crippen LogP contribution in [0.3, 0.4) is 0 Å². The molecule has 0 aliphatic rings. The number of amides is 2. The quantitative estimate of drug-likeness (QED) is 0.435.